The quantitative estimate of drug-likeness (QED) is 0.746. The molecule has 1 aliphatic carbocycles. The molecule has 1 heterocycles. The largest absolute Gasteiger partial charge is 0.284 e. The van der Waals surface area contributed by atoms with Crippen molar-refractivity contribution in [3.63, 3.8) is 0 Å². The van der Waals surface area contributed by atoms with E-state index in [2.05, 4.69) is 15.9 Å². The summed E-state index contributed by atoms with van der Waals surface area (Å²) in [6.07, 6.45) is 1.34. The molecule has 12 heavy (non-hydrogen) atoms. The Morgan fingerprint density at radius 3 is 2.58 bits per heavy atom. The van der Waals surface area contributed by atoms with Crippen LogP contribution in [0.5, 0.6) is 0 Å². The Bertz CT molecular complexity index is 291. The lowest BCUT2D eigenvalue weighted by molar-refractivity contribution is -0.0247. The van der Waals surface area contributed by atoms with E-state index in [-0.39, 0.29) is 4.88 Å². The molecule has 1 saturated carbocycles. The van der Waals surface area contributed by atoms with Crippen molar-refractivity contribution in [2.45, 2.75) is 18.8 Å². The molecule has 0 saturated heterocycles. The van der Waals surface area contributed by atoms with E-state index < -0.39 is 11.8 Å². The molecule has 1 aliphatic rings. The lowest BCUT2D eigenvalue weighted by atomic mass is 10.2. The standard InChI is InChI=1S/C8H7BrF2S/c9-6-3-7(12-4-6)8(10,11)5-1-2-5/h3-5H,1-2H2. The SMILES string of the molecule is FC(F)(c1cc(Br)cs1)C1CC1. The van der Waals surface area contributed by atoms with Gasteiger partial charge in [0.2, 0.25) is 0 Å². The second-order valence-corrected chi connectivity index (χ2v) is 4.85. The molecular formula is C8H7BrF2S. The van der Waals surface area contributed by atoms with Crippen molar-refractivity contribution < 1.29 is 8.78 Å². The first kappa shape index (κ1) is 8.63. The smallest absolute Gasteiger partial charge is 0.200 e. The highest BCUT2D eigenvalue weighted by molar-refractivity contribution is 9.10. The highest BCUT2D eigenvalue weighted by Gasteiger charge is 2.48. The predicted molar refractivity (Wildman–Crippen MR) is 48.6 cm³/mol. The zero-order valence-corrected chi connectivity index (χ0v) is 8.59. The van der Waals surface area contributed by atoms with Crippen LogP contribution in [0.1, 0.15) is 17.7 Å². The van der Waals surface area contributed by atoms with E-state index in [1.807, 2.05) is 0 Å². The molecule has 0 spiro atoms. The zero-order chi connectivity index (χ0) is 8.77. The van der Waals surface area contributed by atoms with E-state index in [1.165, 1.54) is 6.07 Å². The maximum atomic E-state index is 13.3. The van der Waals surface area contributed by atoms with Gasteiger partial charge < -0.3 is 0 Å². The van der Waals surface area contributed by atoms with Crippen LogP contribution in [0.25, 0.3) is 0 Å². The summed E-state index contributed by atoms with van der Waals surface area (Å²) in [6.45, 7) is 0. The van der Waals surface area contributed by atoms with Gasteiger partial charge in [0, 0.05) is 15.8 Å². The maximum absolute atomic E-state index is 13.3. The van der Waals surface area contributed by atoms with Crippen LogP contribution in [0, 0.1) is 5.92 Å². The fourth-order valence-electron chi connectivity index (χ4n) is 1.13. The molecular weight excluding hydrogens is 246 g/mol. The van der Waals surface area contributed by atoms with Crippen molar-refractivity contribution in [2.75, 3.05) is 0 Å². The summed E-state index contributed by atoms with van der Waals surface area (Å²) >= 11 is 4.30. The third kappa shape index (κ3) is 1.42. The van der Waals surface area contributed by atoms with E-state index in [0.717, 1.165) is 15.8 Å². The van der Waals surface area contributed by atoms with Crippen LogP contribution < -0.4 is 0 Å². The molecule has 0 atom stereocenters. The Balaban J connectivity index is 2.27. The van der Waals surface area contributed by atoms with Crippen LogP contribution in [0.3, 0.4) is 0 Å². The first-order valence-electron chi connectivity index (χ1n) is 3.73. The normalized spacial score (nSPS) is 18.2. The van der Waals surface area contributed by atoms with Gasteiger partial charge in [-0.2, -0.15) is 0 Å². The zero-order valence-electron chi connectivity index (χ0n) is 6.19. The molecule has 0 unspecified atom stereocenters. The number of rotatable bonds is 2. The van der Waals surface area contributed by atoms with Gasteiger partial charge in [-0.05, 0) is 34.8 Å². The van der Waals surface area contributed by atoms with Gasteiger partial charge in [-0.3, -0.25) is 0 Å². The molecule has 0 radical (unpaired) electrons. The van der Waals surface area contributed by atoms with Gasteiger partial charge in [-0.15, -0.1) is 11.3 Å². The molecule has 0 amide bonds. The summed E-state index contributed by atoms with van der Waals surface area (Å²) in [7, 11) is 0. The van der Waals surface area contributed by atoms with E-state index in [1.54, 1.807) is 5.38 Å². The second kappa shape index (κ2) is 2.77. The molecule has 0 bridgehead atoms. The fraction of sp³-hybridized carbons (Fsp3) is 0.500. The van der Waals surface area contributed by atoms with Crippen molar-refractivity contribution in [3.8, 4) is 0 Å². The van der Waals surface area contributed by atoms with E-state index in [4.69, 9.17) is 0 Å². The first-order valence-corrected chi connectivity index (χ1v) is 5.40. The molecule has 4 heteroatoms. The average molecular weight is 253 g/mol. The van der Waals surface area contributed by atoms with Crippen LogP contribution in [-0.4, -0.2) is 0 Å². The molecule has 1 aromatic heterocycles. The monoisotopic (exact) mass is 252 g/mol. The second-order valence-electron chi connectivity index (χ2n) is 3.03. The van der Waals surface area contributed by atoms with E-state index in [9.17, 15) is 8.78 Å². The van der Waals surface area contributed by atoms with Gasteiger partial charge in [0.05, 0.1) is 4.88 Å². The number of alkyl halides is 2. The summed E-state index contributed by atoms with van der Waals surface area (Å²) in [4.78, 5) is 0.192. The van der Waals surface area contributed by atoms with Gasteiger partial charge in [-0.25, -0.2) is 8.78 Å². The highest BCUT2D eigenvalue weighted by atomic mass is 79.9. The molecule has 0 nitrogen and oxygen atoms in total. The number of halogens is 3. The third-order valence-corrected chi connectivity index (χ3v) is 3.76. The Morgan fingerprint density at radius 1 is 1.50 bits per heavy atom. The fourth-order valence-corrected chi connectivity index (χ4v) is 2.62. The Morgan fingerprint density at radius 2 is 2.17 bits per heavy atom. The van der Waals surface area contributed by atoms with Crippen LogP contribution in [0.4, 0.5) is 8.78 Å². The van der Waals surface area contributed by atoms with Gasteiger partial charge in [0.25, 0.3) is 5.92 Å². The average Bonchev–Trinajstić information content (AvgIpc) is 2.75. The molecule has 0 aliphatic heterocycles. The molecule has 1 fully saturated rings. The lowest BCUT2D eigenvalue weighted by Gasteiger charge is -2.12. The minimum atomic E-state index is -2.59. The molecule has 0 N–H and O–H groups in total. The van der Waals surface area contributed by atoms with Gasteiger partial charge in [-0.1, -0.05) is 0 Å². The summed E-state index contributed by atoms with van der Waals surface area (Å²) in [5.41, 5.74) is 0. The van der Waals surface area contributed by atoms with Crippen molar-refractivity contribution in [1.82, 2.24) is 0 Å². The van der Waals surface area contributed by atoms with Gasteiger partial charge in [0.1, 0.15) is 0 Å². The Hall–Kier alpha value is 0.0400. The number of thiophene rings is 1. The lowest BCUT2D eigenvalue weighted by Crippen LogP contribution is -2.13. The van der Waals surface area contributed by atoms with E-state index >= 15 is 0 Å². The summed E-state index contributed by atoms with van der Waals surface area (Å²) in [5.74, 6) is -2.99. The first-order chi connectivity index (χ1) is 5.60. The van der Waals surface area contributed by atoms with Crippen LogP contribution in [0.15, 0.2) is 15.9 Å². The van der Waals surface area contributed by atoms with Crippen molar-refractivity contribution in [3.05, 3.63) is 20.8 Å². The van der Waals surface area contributed by atoms with Crippen molar-refractivity contribution >= 4 is 27.3 Å². The number of hydrogen-bond acceptors (Lipinski definition) is 1. The summed E-state index contributed by atoms with van der Waals surface area (Å²) in [6, 6.07) is 1.52. The molecule has 66 valence electrons. The molecule has 2 rings (SSSR count). The Labute approximate surface area is 81.7 Å². The maximum Gasteiger partial charge on any atom is 0.284 e. The van der Waals surface area contributed by atoms with Crippen LogP contribution >= 0.6 is 27.3 Å². The van der Waals surface area contributed by atoms with E-state index in [0.29, 0.717) is 12.8 Å². The third-order valence-electron chi connectivity index (χ3n) is 1.99. The summed E-state index contributed by atoms with van der Waals surface area (Å²) in [5, 5.41) is 1.70. The Kier molecular flexibility index (Phi) is 1.99. The highest BCUT2D eigenvalue weighted by Crippen LogP contribution is 2.51. The summed E-state index contributed by atoms with van der Waals surface area (Å²) < 4.78 is 27.4. The van der Waals surface area contributed by atoms with Crippen LogP contribution in [-0.2, 0) is 5.92 Å². The topological polar surface area (TPSA) is 0 Å². The van der Waals surface area contributed by atoms with Crippen molar-refractivity contribution in [2.24, 2.45) is 5.92 Å². The van der Waals surface area contributed by atoms with Crippen molar-refractivity contribution in [1.29, 1.82) is 0 Å². The van der Waals surface area contributed by atoms with Gasteiger partial charge >= 0.3 is 0 Å². The number of hydrogen-bond donors (Lipinski definition) is 0. The predicted octanol–water partition coefficient (Wildman–Crippen LogP) is 4.01. The van der Waals surface area contributed by atoms with Gasteiger partial charge in [0.15, 0.2) is 0 Å². The molecule has 0 aromatic carbocycles. The molecule has 1 aromatic rings. The van der Waals surface area contributed by atoms with Crippen LogP contribution in [0.2, 0.25) is 0 Å². The minimum absolute atomic E-state index is 0.192. The minimum Gasteiger partial charge on any atom is -0.200 e.